The summed E-state index contributed by atoms with van der Waals surface area (Å²) in [6.07, 6.45) is 0.516. The van der Waals surface area contributed by atoms with Gasteiger partial charge in [0.2, 0.25) is 11.8 Å². The molecule has 3 rings (SSSR count). The van der Waals surface area contributed by atoms with Crippen LogP contribution in [0.3, 0.4) is 0 Å². The van der Waals surface area contributed by atoms with Gasteiger partial charge in [-0.25, -0.2) is 9.97 Å². The summed E-state index contributed by atoms with van der Waals surface area (Å²) < 4.78 is 0. The van der Waals surface area contributed by atoms with E-state index >= 15 is 0 Å². The zero-order valence-corrected chi connectivity index (χ0v) is 19.9. The summed E-state index contributed by atoms with van der Waals surface area (Å²) >= 11 is 3.18. The molecule has 31 heavy (non-hydrogen) atoms. The maximum absolute atomic E-state index is 12.4. The van der Waals surface area contributed by atoms with Gasteiger partial charge in [0.1, 0.15) is 0 Å². The van der Waals surface area contributed by atoms with Gasteiger partial charge in [0.15, 0.2) is 0 Å². The first kappa shape index (κ1) is 23.1. The van der Waals surface area contributed by atoms with Gasteiger partial charge < -0.3 is 10.6 Å². The quantitative estimate of drug-likeness (QED) is 0.480. The molecule has 0 atom stereocenters. The van der Waals surface area contributed by atoms with Crippen LogP contribution in [0, 0.1) is 0 Å². The van der Waals surface area contributed by atoms with Gasteiger partial charge in [-0.05, 0) is 17.7 Å². The zero-order valence-electron chi connectivity index (χ0n) is 18.3. The van der Waals surface area contributed by atoms with E-state index in [9.17, 15) is 9.59 Å². The predicted molar refractivity (Wildman–Crippen MR) is 127 cm³/mol. The van der Waals surface area contributed by atoms with E-state index in [1.807, 2.05) is 35.0 Å². The van der Waals surface area contributed by atoms with Crippen molar-refractivity contribution >= 4 is 40.2 Å². The molecule has 2 aromatic heterocycles. The number of benzene rings is 1. The molecule has 0 saturated heterocycles. The van der Waals surface area contributed by atoms with Crippen molar-refractivity contribution in [2.75, 3.05) is 5.32 Å². The molecule has 1 aromatic carbocycles. The second kappa shape index (κ2) is 10.6. The van der Waals surface area contributed by atoms with Crippen molar-refractivity contribution in [1.29, 1.82) is 0 Å². The van der Waals surface area contributed by atoms with Crippen LogP contribution in [-0.2, 0) is 29.0 Å². The molecule has 0 spiro atoms. The highest BCUT2D eigenvalue weighted by Crippen LogP contribution is 2.20. The average Bonchev–Trinajstić information content (AvgIpc) is 3.36. The fraction of sp³-hybridized carbons (Fsp3) is 0.391. The van der Waals surface area contributed by atoms with Crippen molar-refractivity contribution in [2.45, 2.75) is 58.9 Å². The number of rotatable bonds is 9. The van der Waals surface area contributed by atoms with Crippen molar-refractivity contribution in [3.63, 3.8) is 0 Å². The molecule has 2 heterocycles. The van der Waals surface area contributed by atoms with Gasteiger partial charge in [-0.2, -0.15) is 0 Å². The minimum Gasteiger partial charge on any atom is -0.352 e. The molecular weight excluding hydrogens is 428 g/mol. The van der Waals surface area contributed by atoms with Gasteiger partial charge in [-0.1, -0.05) is 39.8 Å². The molecule has 0 fully saturated rings. The topological polar surface area (TPSA) is 84.0 Å². The van der Waals surface area contributed by atoms with Crippen molar-refractivity contribution < 1.29 is 9.59 Å². The third-order valence-electron chi connectivity index (χ3n) is 4.51. The summed E-state index contributed by atoms with van der Waals surface area (Å²) in [6, 6.07) is 7.50. The SMILES string of the molecule is CC(C)c1nc(CC(=O)NCc2cccc(NC(=O)Cc3csc(C(C)C)n3)c2)cs1. The number of amides is 2. The Kier molecular flexibility index (Phi) is 7.92. The van der Waals surface area contributed by atoms with Crippen LogP contribution >= 0.6 is 22.7 Å². The summed E-state index contributed by atoms with van der Waals surface area (Å²) in [5.74, 6) is 0.555. The number of aromatic nitrogens is 2. The Labute approximate surface area is 191 Å². The fourth-order valence-electron chi connectivity index (χ4n) is 2.89. The van der Waals surface area contributed by atoms with Crippen molar-refractivity contribution in [2.24, 2.45) is 0 Å². The lowest BCUT2D eigenvalue weighted by molar-refractivity contribution is -0.120. The average molecular weight is 457 g/mol. The fourth-order valence-corrected chi connectivity index (χ4v) is 4.56. The van der Waals surface area contributed by atoms with Gasteiger partial charge in [0.25, 0.3) is 0 Å². The smallest absolute Gasteiger partial charge is 0.230 e. The highest BCUT2D eigenvalue weighted by molar-refractivity contribution is 7.10. The summed E-state index contributed by atoms with van der Waals surface area (Å²) in [7, 11) is 0. The molecule has 2 amide bonds. The highest BCUT2D eigenvalue weighted by Gasteiger charge is 2.12. The molecule has 0 saturated carbocycles. The molecule has 0 bridgehead atoms. The second-order valence-electron chi connectivity index (χ2n) is 8.04. The number of carbonyl (C=O) groups is 2. The lowest BCUT2D eigenvalue weighted by Crippen LogP contribution is -2.24. The van der Waals surface area contributed by atoms with E-state index < -0.39 is 0 Å². The van der Waals surface area contributed by atoms with Gasteiger partial charge in [0.05, 0.1) is 34.2 Å². The van der Waals surface area contributed by atoms with E-state index in [0.717, 1.165) is 27.0 Å². The van der Waals surface area contributed by atoms with E-state index in [2.05, 4.69) is 48.3 Å². The van der Waals surface area contributed by atoms with Crippen LogP contribution in [0.25, 0.3) is 0 Å². The second-order valence-corrected chi connectivity index (χ2v) is 9.82. The molecule has 6 nitrogen and oxygen atoms in total. The Balaban J connectivity index is 1.49. The number of hydrogen-bond donors (Lipinski definition) is 2. The van der Waals surface area contributed by atoms with Gasteiger partial charge in [-0.3, -0.25) is 9.59 Å². The molecule has 2 N–H and O–H groups in total. The predicted octanol–water partition coefficient (Wildman–Crippen LogP) is 4.89. The Morgan fingerprint density at radius 1 is 0.903 bits per heavy atom. The molecule has 3 aromatic rings. The third-order valence-corrected chi connectivity index (χ3v) is 6.90. The highest BCUT2D eigenvalue weighted by atomic mass is 32.1. The molecule has 164 valence electrons. The Morgan fingerprint density at radius 2 is 1.48 bits per heavy atom. The minimum absolute atomic E-state index is 0.0699. The number of anilines is 1. The molecule has 8 heteroatoms. The Morgan fingerprint density at radius 3 is 2.03 bits per heavy atom. The van der Waals surface area contributed by atoms with Crippen molar-refractivity contribution in [3.05, 3.63) is 62.0 Å². The summed E-state index contributed by atoms with van der Waals surface area (Å²) in [4.78, 5) is 33.6. The largest absolute Gasteiger partial charge is 0.352 e. The number of carbonyl (C=O) groups excluding carboxylic acids is 2. The lowest BCUT2D eigenvalue weighted by atomic mass is 10.2. The number of nitrogens with zero attached hydrogens (tertiary/aromatic N) is 2. The van der Waals surface area contributed by atoms with E-state index in [1.165, 1.54) is 0 Å². The summed E-state index contributed by atoms with van der Waals surface area (Å²) in [5.41, 5.74) is 3.22. The van der Waals surface area contributed by atoms with Crippen molar-refractivity contribution in [1.82, 2.24) is 15.3 Å². The minimum atomic E-state index is -0.105. The molecule has 0 radical (unpaired) electrons. The maximum Gasteiger partial charge on any atom is 0.230 e. The first-order valence-corrected chi connectivity index (χ1v) is 12.1. The summed E-state index contributed by atoms with van der Waals surface area (Å²) in [5, 5.41) is 11.8. The first-order chi connectivity index (χ1) is 14.8. The van der Waals surface area contributed by atoms with E-state index in [1.54, 1.807) is 22.7 Å². The lowest BCUT2D eigenvalue weighted by Gasteiger charge is -2.08. The number of thiazole rings is 2. The monoisotopic (exact) mass is 456 g/mol. The maximum atomic E-state index is 12.4. The standard InChI is InChI=1S/C23H28N4O2S2/c1-14(2)22-26-18(12-30-22)9-20(28)24-11-16-6-5-7-17(8-16)25-21(29)10-19-13-31-23(27-19)15(3)4/h5-8,12-15H,9-11H2,1-4H3,(H,24,28)(H,25,29). The molecule has 0 aliphatic heterocycles. The van der Waals surface area contributed by atoms with Crippen LogP contribution < -0.4 is 10.6 Å². The third kappa shape index (κ3) is 6.97. The van der Waals surface area contributed by atoms with Crippen LogP contribution in [0.2, 0.25) is 0 Å². The molecule has 0 unspecified atom stereocenters. The van der Waals surface area contributed by atoms with Crippen LogP contribution in [0.5, 0.6) is 0 Å². The summed E-state index contributed by atoms with van der Waals surface area (Å²) in [6.45, 7) is 8.76. The normalized spacial score (nSPS) is 11.2. The van der Waals surface area contributed by atoms with E-state index in [4.69, 9.17) is 0 Å². The first-order valence-electron chi connectivity index (χ1n) is 10.3. The van der Waals surface area contributed by atoms with Gasteiger partial charge in [-0.15, -0.1) is 22.7 Å². The van der Waals surface area contributed by atoms with Gasteiger partial charge >= 0.3 is 0 Å². The number of nitrogens with one attached hydrogen (secondary N) is 2. The van der Waals surface area contributed by atoms with E-state index in [-0.39, 0.29) is 24.7 Å². The van der Waals surface area contributed by atoms with Crippen LogP contribution in [0.15, 0.2) is 35.0 Å². The molecule has 0 aliphatic rings. The van der Waals surface area contributed by atoms with Crippen LogP contribution in [0.1, 0.15) is 66.5 Å². The Hall–Kier alpha value is -2.58. The van der Waals surface area contributed by atoms with Crippen LogP contribution in [-0.4, -0.2) is 21.8 Å². The molecular formula is C23H28N4O2S2. The molecule has 0 aliphatic carbocycles. The van der Waals surface area contributed by atoms with E-state index in [0.29, 0.717) is 24.1 Å². The number of hydrogen-bond acceptors (Lipinski definition) is 6. The Bertz CT molecular complexity index is 1040. The zero-order chi connectivity index (χ0) is 22.4. The van der Waals surface area contributed by atoms with Gasteiger partial charge in [0, 0.05) is 34.8 Å². The van der Waals surface area contributed by atoms with Crippen LogP contribution in [0.4, 0.5) is 5.69 Å². The van der Waals surface area contributed by atoms with Crippen molar-refractivity contribution in [3.8, 4) is 0 Å².